The molecule has 4 fully saturated rings. The van der Waals surface area contributed by atoms with Crippen LogP contribution in [0.1, 0.15) is 58.8 Å². The van der Waals surface area contributed by atoms with Crippen molar-refractivity contribution >= 4 is 5.97 Å². The number of hydrogen-bond donors (Lipinski definition) is 0. The number of piperidine rings is 1. The maximum Gasteiger partial charge on any atom is 0.310 e. The molecule has 27 heavy (non-hydrogen) atoms. The van der Waals surface area contributed by atoms with Gasteiger partial charge in [-0.05, 0) is 44.4 Å². The van der Waals surface area contributed by atoms with Gasteiger partial charge in [0, 0.05) is 38.4 Å². The number of nitrogens with zero attached hydrogens (tertiary/aromatic N) is 1. The first-order valence-electron chi connectivity index (χ1n) is 10.9. The quantitative estimate of drug-likeness (QED) is 0.548. The van der Waals surface area contributed by atoms with E-state index in [9.17, 15) is 4.79 Å². The maximum absolute atomic E-state index is 12.7. The van der Waals surface area contributed by atoms with Gasteiger partial charge in [-0.25, -0.2) is 0 Å². The first kappa shape index (κ1) is 18.1. The zero-order chi connectivity index (χ0) is 18.6. The molecular formula is C22H33NO4. The van der Waals surface area contributed by atoms with Gasteiger partial charge in [0.1, 0.15) is 6.10 Å². The second-order valence-corrected chi connectivity index (χ2v) is 9.74. The lowest BCUT2D eigenvalue weighted by atomic mass is 9.59. The summed E-state index contributed by atoms with van der Waals surface area (Å²) in [6.07, 6.45) is 7.79. The van der Waals surface area contributed by atoms with Gasteiger partial charge in [-0.3, -0.25) is 4.79 Å². The predicted octanol–water partition coefficient (Wildman–Crippen LogP) is 3.28. The van der Waals surface area contributed by atoms with Crippen LogP contribution in [-0.4, -0.2) is 55.6 Å². The maximum atomic E-state index is 12.7. The molecule has 5 aliphatic rings. The van der Waals surface area contributed by atoms with Gasteiger partial charge in [0.2, 0.25) is 0 Å². The molecule has 4 atom stereocenters. The fourth-order valence-electron chi connectivity index (χ4n) is 6.46. The standard InChI is InChI=1S/C22H33NO4/c1-15-4-3-5-21(2)13-19-16(12-18(15)21)17(20(24)27-19)14-23-8-6-22(7-9-23)25-10-11-26-22/h16-17,19H,3-14H2,1-2H3. The molecule has 3 saturated heterocycles. The smallest absolute Gasteiger partial charge is 0.310 e. The Labute approximate surface area is 162 Å². The van der Waals surface area contributed by atoms with Gasteiger partial charge in [0.15, 0.2) is 5.79 Å². The van der Waals surface area contributed by atoms with Crippen LogP contribution in [0.15, 0.2) is 11.1 Å². The molecule has 0 amide bonds. The highest BCUT2D eigenvalue weighted by atomic mass is 16.7. The minimum Gasteiger partial charge on any atom is -0.462 e. The SMILES string of the molecule is CC1=C2CC3C(CC2(C)CCC1)OC(=O)C3CN1CCC2(CC1)OCCO2. The van der Waals surface area contributed by atoms with Crippen LogP contribution >= 0.6 is 0 Å². The molecule has 3 heterocycles. The number of esters is 1. The number of carbonyl (C=O) groups is 1. The number of ether oxygens (including phenoxy) is 3. The molecule has 5 rings (SSSR count). The molecule has 150 valence electrons. The molecule has 0 aromatic rings. The molecule has 5 heteroatoms. The lowest BCUT2D eigenvalue weighted by Gasteiger charge is -2.46. The molecule has 0 aromatic heterocycles. The van der Waals surface area contributed by atoms with E-state index in [4.69, 9.17) is 14.2 Å². The Morgan fingerprint density at radius 2 is 1.89 bits per heavy atom. The summed E-state index contributed by atoms with van der Waals surface area (Å²) in [5, 5.41) is 0. The van der Waals surface area contributed by atoms with Crippen molar-refractivity contribution < 1.29 is 19.0 Å². The molecule has 4 unspecified atom stereocenters. The van der Waals surface area contributed by atoms with Crippen LogP contribution in [0.4, 0.5) is 0 Å². The van der Waals surface area contributed by atoms with Crippen LogP contribution in [0.5, 0.6) is 0 Å². The molecule has 0 aromatic carbocycles. The van der Waals surface area contributed by atoms with E-state index in [1.165, 1.54) is 19.3 Å². The van der Waals surface area contributed by atoms with Crippen LogP contribution in [-0.2, 0) is 19.0 Å². The van der Waals surface area contributed by atoms with E-state index in [2.05, 4.69) is 18.7 Å². The molecule has 5 nitrogen and oxygen atoms in total. The van der Waals surface area contributed by atoms with Gasteiger partial charge >= 0.3 is 5.97 Å². The van der Waals surface area contributed by atoms with E-state index in [-0.39, 0.29) is 29.2 Å². The fraction of sp³-hybridized carbons (Fsp3) is 0.864. The van der Waals surface area contributed by atoms with Gasteiger partial charge in [0.25, 0.3) is 0 Å². The number of likely N-dealkylation sites (tertiary alicyclic amines) is 1. The van der Waals surface area contributed by atoms with Crippen LogP contribution < -0.4 is 0 Å². The van der Waals surface area contributed by atoms with Crippen molar-refractivity contribution in [2.24, 2.45) is 17.3 Å². The van der Waals surface area contributed by atoms with Crippen LogP contribution in [0, 0.1) is 17.3 Å². The third-order valence-corrected chi connectivity index (χ3v) is 8.07. The molecular weight excluding hydrogens is 342 g/mol. The van der Waals surface area contributed by atoms with Crippen molar-refractivity contribution in [2.45, 2.75) is 70.7 Å². The number of allylic oxidation sites excluding steroid dienone is 2. The Balaban J connectivity index is 1.28. The van der Waals surface area contributed by atoms with Crippen molar-refractivity contribution in [3.8, 4) is 0 Å². The lowest BCUT2D eigenvalue weighted by Crippen LogP contribution is -2.48. The third-order valence-electron chi connectivity index (χ3n) is 8.07. The Morgan fingerprint density at radius 1 is 1.15 bits per heavy atom. The summed E-state index contributed by atoms with van der Waals surface area (Å²) in [6.45, 7) is 8.86. The summed E-state index contributed by atoms with van der Waals surface area (Å²) in [7, 11) is 0. The summed E-state index contributed by atoms with van der Waals surface area (Å²) in [5.41, 5.74) is 3.48. The minimum atomic E-state index is -0.341. The van der Waals surface area contributed by atoms with Crippen molar-refractivity contribution in [1.29, 1.82) is 0 Å². The van der Waals surface area contributed by atoms with E-state index in [1.54, 1.807) is 11.1 Å². The summed E-state index contributed by atoms with van der Waals surface area (Å²) in [5.74, 6) is 0.0928. The average molecular weight is 376 g/mol. The third kappa shape index (κ3) is 3.06. The molecule has 1 spiro atoms. The average Bonchev–Trinajstić information content (AvgIpc) is 3.20. The van der Waals surface area contributed by atoms with Crippen molar-refractivity contribution in [2.75, 3.05) is 32.8 Å². The van der Waals surface area contributed by atoms with E-state index in [1.807, 2.05) is 0 Å². The highest BCUT2D eigenvalue weighted by Gasteiger charge is 2.53. The largest absolute Gasteiger partial charge is 0.462 e. The molecule has 2 aliphatic carbocycles. The minimum absolute atomic E-state index is 0.0289. The first-order chi connectivity index (χ1) is 13.0. The zero-order valence-corrected chi connectivity index (χ0v) is 16.8. The second-order valence-electron chi connectivity index (χ2n) is 9.74. The Kier molecular flexibility index (Phi) is 4.41. The van der Waals surface area contributed by atoms with E-state index in [0.29, 0.717) is 19.1 Å². The predicted molar refractivity (Wildman–Crippen MR) is 101 cm³/mol. The van der Waals surface area contributed by atoms with Gasteiger partial charge in [-0.1, -0.05) is 18.1 Å². The summed E-state index contributed by atoms with van der Waals surface area (Å²) >= 11 is 0. The lowest BCUT2D eigenvalue weighted by molar-refractivity contribution is -0.186. The Bertz CT molecular complexity index is 643. The molecule has 0 radical (unpaired) electrons. The highest BCUT2D eigenvalue weighted by molar-refractivity contribution is 5.76. The molecule has 0 N–H and O–H groups in total. The molecule has 3 aliphatic heterocycles. The van der Waals surface area contributed by atoms with Crippen LogP contribution in [0.3, 0.4) is 0 Å². The molecule has 0 bridgehead atoms. The Hall–Kier alpha value is -0.910. The van der Waals surface area contributed by atoms with E-state index >= 15 is 0 Å². The van der Waals surface area contributed by atoms with E-state index in [0.717, 1.165) is 45.3 Å². The van der Waals surface area contributed by atoms with Crippen molar-refractivity contribution in [3.05, 3.63) is 11.1 Å². The summed E-state index contributed by atoms with van der Waals surface area (Å²) in [6, 6.07) is 0. The zero-order valence-electron chi connectivity index (χ0n) is 16.8. The Morgan fingerprint density at radius 3 is 2.63 bits per heavy atom. The van der Waals surface area contributed by atoms with E-state index < -0.39 is 0 Å². The van der Waals surface area contributed by atoms with Gasteiger partial charge < -0.3 is 19.1 Å². The van der Waals surface area contributed by atoms with Gasteiger partial charge in [-0.15, -0.1) is 0 Å². The van der Waals surface area contributed by atoms with Crippen molar-refractivity contribution in [1.82, 2.24) is 4.90 Å². The number of rotatable bonds is 2. The number of carbonyl (C=O) groups excluding carboxylic acids is 1. The molecule has 1 saturated carbocycles. The monoisotopic (exact) mass is 375 g/mol. The normalized spacial score (nSPS) is 41.6. The summed E-state index contributed by atoms with van der Waals surface area (Å²) < 4.78 is 17.6. The van der Waals surface area contributed by atoms with Gasteiger partial charge in [-0.2, -0.15) is 0 Å². The second kappa shape index (κ2) is 6.57. The fourth-order valence-corrected chi connectivity index (χ4v) is 6.46. The number of hydrogen-bond acceptors (Lipinski definition) is 5. The summed E-state index contributed by atoms with van der Waals surface area (Å²) in [4.78, 5) is 15.2. The van der Waals surface area contributed by atoms with Crippen molar-refractivity contribution in [3.63, 3.8) is 0 Å². The van der Waals surface area contributed by atoms with Crippen LogP contribution in [0.25, 0.3) is 0 Å². The van der Waals surface area contributed by atoms with Crippen LogP contribution in [0.2, 0.25) is 0 Å². The number of fused-ring (bicyclic) bond motifs is 2. The first-order valence-corrected chi connectivity index (χ1v) is 10.9. The topological polar surface area (TPSA) is 48.0 Å². The highest BCUT2D eigenvalue weighted by Crippen LogP contribution is 2.55. The van der Waals surface area contributed by atoms with Gasteiger partial charge in [0.05, 0.1) is 19.1 Å².